The number of benzene rings is 1. The maximum Gasteiger partial charge on any atom is 0.249 e. The molecule has 0 saturated heterocycles. The predicted octanol–water partition coefficient (Wildman–Crippen LogP) is 2.78. The fourth-order valence-corrected chi connectivity index (χ4v) is 3.09. The number of carbonyl (C=O) groups is 1. The van der Waals surface area contributed by atoms with Crippen molar-refractivity contribution < 1.29 is 9.53 Å². The average Bonchev–Trinajstić information content (AvgIpc) is 2.44. The standard InChI is InChI=1S/C16H18N2O2/c1-9-4-3-5-11-14(16(17)19)12-8-10(20-2)6-7-13(12)18-15(9)11/h6-9H,3-5H2,1-2H3,(H2,17,19)/t9-/m1/s1. The molecule has 3 rings (SSSR count). The van der Waals surface area contributed by atoms with Gasteiger partial charge in [0.15, 0.2) is 0 Å². The molecule has 0 radical (unpaired) electrons. The molecule has 0 bridgehead atoms. The summed E-state index contributed by atoms with van der Waals surface area (Å²) >= 11 is 0. The van der Waals surface area contributed by atoms with Crippen molar-refractivity contribution in [3.05, 3.63) is 35.0 Å². The Morgan fingerprint density at radius 1 is 1.45 bits per heavy atom. The molecular formula is C16H18N2O2. The summed E-state index contributed by atoms with van der Waals surface area (Å²) in [7, 11) is 1.61. The minimum absolute atomic E-state index is 0.378. The molecule has 0 unspecified atom stereocenters. The van der Waals surface area contributed by atoms with Crippen molar-refractivity contribution in [1.29, 1.82) is 0 Å². The lowest BCUT2D eigenvalue weighted by Gasteiger charge is -2.24. The van der Waals surface area contributed by atoms with E-state index in [2.05, 4.69) is 6.92 Å². The molecule has 1 heterocycles. The normalized spacial score (nSPS) is 17.8. The van der Waals surface area contributed by atoms with Crippen molar-refractivity contribution in [3.63, 3.8) is 0 Å². The van der Waals surface area contributed by atoms with Crippen molar-refractivity contribution >= 4 is 16.8 Å². The average molecular weight is 270 g/mol. The number of ether oxygens (including phenoxy) is 1. The number of hydrogen-bond donors (Lipinski definition) is 1. The fraction of sp³-hybridized carbons (Fsp3) is 0.375. The lowest BCUT2D eigenvalue weighted by Crippen LogP contribution is -2.20. The summed E-state index contributed by atoms with van der Waals surface area (Å²) in [5, 5.41) is 0.796. The van der Waals surface area contributed by atoms with Gasteiger partial charge in [-0.2, -0.15) is 0 Å². The third kappa shape index (κ3) is 1.92. The number of amides is 1. The number of aromatic nitrogens is 1. The summed E-state index contributed by atoms with van der Waals surface area (Å²) in [5.41, 5.74) is 9.12. The van der Waals surface area contributed by atoms with Crippen LogP contribution in [0, 0.1) is 0 Å². The first-order chi connectivity index (χ1) is 9.61. The summed E-state index contributed by atoms with van der Waals surface area (Å²) in [6.45, 7) is 2.16. The van der Waals surface area contributed by atoms with E-state index in [0.717, 1.165) is 41.4 Å². The molecule has 0 saturated carbocycles. The van der Waals surface area contributed by atoms with Crippen LogP contribution in [0.1, 0.15) is 47.3 Å². The molecule has 1 aromatic carbocycles. The molecular weight excluding hydrogens is 252 g/mol. The second kappa shape index (κ2) is 4.78. The molecule has 0 fully saturated rings. The van der Waals surface area contributed by atoms with E-state index in [-0.39, 0.29) is 5.91 Å². The van der Waals surface area contributed by atoms with Gasteiger partial charge in [0.25, 0.3) is 0 Å². The number of fused-ring (bicyclic) bond motifs is 2. The molecule has 2 aromatic rings. The first kappa shape index (κ1) is 12.9. The third-order valence-corrected chi connectivity index (χ3v) is 4.10. The second-order valence-electron chi connectivity index (χ2n) is 5.39. The second-order valence-corrected chi connectivity index (χ2v) is 5.39. The van der Waals surface area contributed by atoms with E-state index in [9.17, 15) is 4.79 Å². The van der Waals surface area contributed by atoms with Gasteiger partial charge in [-0.1, -0.05) is 6.92 Å². The van der Waals surface area contributed by atoms with Gasteiger partial charge in [-0.25, -0.2) is 0 Å². The van der Waals surface area contributed by atoms with Crippen LogP contribution in [-0.4, -0.2) is 18.0 Å². The molecule has 2 N–H and O–H groups in total. The van der Waals surface area contributed by atoms with E-state index < -0.39 is 0 Å². The zero-order valence-corrected chi connectivity index (χ0v) is 11.8. The Balaban J connectivity index is 2.38. The number of pyridine rings is 1. The van der Waals surface area contributed by atoms with Gasteiger partial charge < -0.3 is 10.5 Å². The molecule has 0 spiro atoms. The lowest BCUT2D eigenvalue weighted by molar-refractivity contribution is 0.100. The van der Waals surface area contributed by atoms with Crippen molar-refractivity contribution in [1.82, 2.24) is 4.98 Å². The molecule has 1 aliphatic carbocycles. The molecule has 1 amide bonds. The Kier molecular flexibility index (Phi) is 3.08. The number of hydrogen-bond acceptors (Lipinski definition) is 3. The highest BCUT2D eigenvalue weighted by atomic mass is 16.5. The third-order valence-electron chi connectivity index (χ3n) is 4.10. The van der Waals surface area contributed by atoms with Gasteiger partial charge in [0.1, 0.15) is 5.75 Å². The van der Waals surface area contributed by atoms with Crippen LogP contribution >= 0.6 is 0 Å². The number of primary amides is 1. The van der Waals surface area contributed by atoms with Gasteiger partial charge >= 0.3 is 0 Å². The fourth-order valence-electron chi connectivity index (χ4n) is 3.09. The van der Waals surface area contributed by atoms with Crippen LogP contribution in [0.5, 0.6) is 5.75 Å². The predicted molar refractivity (Wildman–Crippen MR) is 78.2 cm³/mol. The summed E-state index contributed by atoms with van der Waals surface area (Å²) in [6, 6.07) is 5.60. The van der Waals surface area contributed by atoms with E-state index in [1.54, 1.807) is 7.11 Å². The molecule has 20 heavy (non-hydrogen) atoms. The molecule has 1 aliphatic rings. The van der Waals surface area contributed by atoms with Gasteiger partial charge in [-0.15, -0.1) is 0 Å². The number of rotatable bonds is 2. The smallest absolute Gasteiger partial charge is 0.249 e. The summed E-state index contributed by atoms with van der Waals surface area (Å²) in [6.07, 6.45) is 3.06. The van der Waals surface area contributed by atoms with E-state index in [1.165, 1.54) is 0 Å². The van der Waals surface area contributed by atoms with Crippen LogP contribution in [0.3, 0.4) is 0 Å². The first-order valence-corrected chi connectivity index (χ1v) is 6.92. The number of nitrogens with zero attached hydrogens (tertiary/aromatic N) is 1. The van der Waals surface area contributed by atoms with Crippen molar-refractivity contribution in [2.75, 3.05) is 7.11 Å². The highest BCUT2D eigenvalue weighted by molar-refractivity contribution is 6.07. The van der Waals surface area contributed by atoms with Gasteiger partial charge in [-0.3, -0.25) is 9.78 Å². The summed E-state index contributed by atoms with van der Waals surface area (Å²) in [4.78, 5) is 16.7. The summed E-state index contributed by atoms with van der Waals surface area (Å²) < 4.78 is 5.24. The molecule has 4 nitrogen and oxygen atoms in total. The number of carbonyl (C=O) groups excluding carboxylic acids is 1. The van der Waals surface area contributed by atoms with E-state index in [0.29, 0.717) is 17.2 Å². The Labute approximate surface area is 117 Å². The highest BCUT2D eigenvalue weighted by Crippen LogP contribution is 2.35. The Morgan fingerprint density at radius 3 is 2.95 bits per heavy atom. The summed E-state index contributed by atoms with van der Waals surface area (Å²) in [5.74, 6) is 0.713. The van der Waals surface area contributed by atoms with Crippen molar-refractivity contribution in [2.24, 2.45) is 5.73 Å². The molecule has 1 atom stereocenters. The number of methoxy groups -OCH3 is 1. The maximum absolute atomic E-state index is 11.9. The maximum atomic E-state index is 11.9. The minimum Gasteiger partial charge on any atom is -0.497 e. The molecule has 104 valence electrons. The van der Waals surface area contributed by atoms with Crippen LogP contribution in [-0.2, 0) is 6.42 Å². The van der Waals surface area contributed by atoms with E-state index in [4.69, 9.17) is 15.5 Å². The van der Waals surface area contributed by atoms with Crippen molar-refractivity contribution in [3.8, 4) is 5.75 Å². The Morgan fingerprint density at radius 2 is 2.25 bits per heavy atom. The van der Waals surface area contributed by atoms with Gasteiger partial charge in [0.2, 0.25) is 5.91 Å². The van der Waals surface area contributed by atoms with Gasteiger partial charge in [0.05, 0.1) is 18.2 Å². The zero-order valence-electron chi connectivity index (χ0n) is 11.8. The molecule has 0 aliphatic heterocycles. The minimum atomic E-state index is -0.379. The monoisotopic (exact) mass is 270 g/mol. The van der Waals surface area contributed by atoms with E-state index >= 15 is 0 Å². The lowest BCUT2D eigenvalue weighted by atomic mass is 9.84. The zero-order chi connectivity index (χ0) is 14.3. The van der Waals surface area contributed by atoms with Crippen molar-refractivity contribution in [2.45, 2.75) is 32.1 Å². The van der Waals surface area contributed by atoms with Gasteiger partial charge in [0, 0.05) is 11.1 Å². The largest absolute Gasteiger partial charge is 0.497 e. The Hall–Kier alpha value is -2.10. The Bertz CT molecular complexity index is 694. The van der Waals surface area contributed by atoms with Crippen LogP contribution in [0.25, 0.3) is 10.9 Å². The van der Waals surface area contributed by atoms with Crippen LogP contribution in [0.2, 0.25) is 0 Å². The SMILES string of the molecule is COc1ccc2nc3c(c(C(N)=O)c2c1)CCC[C@H]3C. The first-order valence-electron chi connectivity index (χ1n) is 6.92. The molecule has 1 aromatic heterocycles. The van der Waals surface area contributed by atoms with E-state index in [1.807, 2.05) is 18.2 Å². The van der Waals surface area contributed by atoms with Crippen LogP contribution < -0.4 is 10.5 Å². The van der Waals surface area contributed by atoms with Crippen LogP contribution in [0.4, 0.5) is 0 Å². The van der Waals surface area contributed by atoms with Gasteiger partial charge in [-0.05, 0) is 48.9 Å². The topological polar surface area (TPSA) is 65.2 Å². The highest BCUT2D eigenvalue weighted by Gasteiger charge is 2.25. The number of nitrogens with two attached hydrogens (primary N) is 1. The van der Waals surface area contributed by atoms with Crippen LogP contribution in [0.15, 0.2) is 18.2 Å². The molecule has 4 heteroatoms. The quantitative estimate of drug-likeness (QED) is 0.912.